The largest absolute Gasteiger partial charge is 0.508 e. The molecular formula is C13H16O3. The van der Waals surface area contributed by atoms with E-state index in [1.165, 1.54) is 0 Å². The van der Waals surface area contributed by atoms with Crippen LogP contribution in [0.2, 0.25) is 0 Å². The van der Waals surface area contributed by atoms with E-state index < -0.39 is 0 Å². The van der Waals surface area contributed by atoms with Gasteiger partial charge in [-0.15, -0.1) is 0 Å². The third-order valence-electron chi connectivity index (χ3n) is 3.36. The van der Waals surface area contributed by atoms with Gasteiger partial charge in [-0.1, -0.05) is 13.8 Å². The minimum absolute atomic E-state index is 0.132. The van der Waals surface area contributed by atoms with Crippen molar-refractivity contribution in [3.8, 4) is 5.75 Å². The summed E-state index contributed by atoms with van der Waals surface area (Å²) in [4.78, 5) is 11.7. The van der Waals surface area contributed by atoms with Crippen LogP contribution in [-0.4, -0.2) is 17.2 Å². The smallest absolute Gasteiger partial charge is 0.338 e. The van der Waals surface area contributed by atoms with Crippen LogP contribution in [0.25, 0.3) is 0 Å². The van der Waals surface area contributed by atoms with Crippen molar-refractivity contribution in [3.05, 3.63) is 28.8 Å². The zero-order valence-electron chi connectivity index (χ0n) is 9.78. The molecule has 0 aromatic heterocycles. The van der Waals surface area contributed by atoms with Gasteiger partial charge in [0.1, 0.15) is 11.9 Å². The maximum absolute atomic E-state index is 11.7. The number of aromatic hydroxyl groups is 1. The second-order valence-corrected chi connectivity index (χ2v) is 4.28. The van der Waals surface area contributed by atoms with Crippen LogP contribution in [0.1, 0.15) is 48.2 Å². The molecule has 86 valence electrons. The summed E-state index contributed by atoms with van der Waals surface area (Å²) in [6.45, 7) is 5.89. The van der Waals surface area contributed by atoms with Crippen molar-refractivity contribution < 1.29 is 14.6 Å². The van der Waals surface area contributed by atoms with Crippen LogP contribution in [0.5, 0.6) is 5.75 Å². The fourth-order valence-electron chi connectivity index (χ4n) is 2.29. The number of rotatable bonds is 1. The molecular weight excluding hydrogens is 204 g/mol. The van der Waals surface area contributed by atoms with Gasteiger partial charge >= 0.3 is 5.97 Å². The van der Waals surface area contributed by atoms with Crippen LogP contribution < -0.4 is 0 Å². The zero-order chi connectivity index (χ0) is 11.9. The number of phenolic OH excluding ortho intramolecular Hbond substituents is 1. The van der Waals surface area contributed by atoms with Gasteiger partial charge in [-0.25, -0.2) is 4.79 Å². The second kappa shape index (κ2) is 3.81. The summed E-state index contributed by atoms with van der Waals surface area (Å²) in [7, 11) is 0. The van der Waals surface area contributed by atoms with Gasteiger partial charge in [-0.2, -0.15) is 0 Å². The lowest BCUT2D eigenvalue weighted by Crippen LogP contribution is -2.29. The Morgan fingerprint density at radius 2 is 2.06 bits per heavy atom. The summed E-state index contributed by atoms with van der Waals surface area (Å²) < 4.78 is 5.24. The number of benzene rings is 1. The Balaban J connectivity index is 2.67. The number of hydrogen-bond donors (Lipinski definition) is 1. The summed E-state index contributed by atoms with van der Waals surface area (Å²) in [5.74, 6) is 0.125. The molecule has 2 atom stereocenters. The summed E-state index contributed by atoms with van der Waals surface area (Å²) in [6.07, 6.45) is 0.589. The average molecular weight is 220 g/mol. The third kappa shape index (κ3) is 1.47. The Kier molecular flexibility index (Phi) is 2.62. The first kappa shape index (κ1) is 11.0. The van der Waals surface area contributed by atoms with Gasteiger partial charge < -0.3 is 9.84 Å². The van der Waals surface area contributed by atoms with Gasteiger partial charge in [-0.05, 0) is 36.6 Å². The molecule has 0 amide bonds. The molecule has 0 radical (unpaired) electrons. The number of hydrogen-bond acceptors (Lipinski definition) is 3. The molecule has 16 heavy (non-hydrogen) atoms. The van der Waals surface area contributed by atoms with E-state index in [1.807, 2.05) is 20.8 Å². The highest BCUT2D eigenvalue weighted by molar-refractivity contribution is 5.93. The van der Waals surface area contributed by atoms with E-state index in [4.69, 9.17) is 4.74 Å². The fraction of sp³-hybridized carbons (Fsp3) is 0.462. The maximum atomic E-state index is 11.7. The number of ether oxygens (including phenoxy) is 1. The topological polar surface area (TPSA) is 46.5 Å². The average Bonchev–Trinajstić information content (AvgIpc) is 2.25. The summed E-state index contributed by atoms with van der Waals surface area (Å²) in [6, 6.07) is 3.22. The highest BCUT2D eigenvalue weighted by Gasteiger charge is 2.32. The zero-order valence-corrected chi connectivity index (χ0v) is 9.78. The second-order valence-electron chi connectivity index (χ2n) is 4.28. The van der Waals surface area contributed by atoms with E-state index in [1.54, 1.807) is 12.1 Å². The number of carbonyl (C=O) groups excluding carboxylic acids is 1. The van der Waals surface area contributed by atoms with E-state index in [0.717, 1.165) is 17.5 Å². The minimum atomic E-state index is -0.282. The molecule has 1 aliphatic rings. The predicted octanol–water partition coefficient (Wildman–Crippen LogP) is 2.62. The Labute approximate surface area is 95.0 Å². The van der Waals surface area contributed by atoms with Gasteiger partial charge in [-0.3, -0.25) is 0 Å². The number of phenols is 1. The first-order valence-electron chi connectivity index (χ1n) is 5.62. The Bertz CT molecular complexity index is 437. The van der Waals surface area contributed by atoms with Crippen molar-refractivity contribution in [1.82, 2.24) is 0 Å². The number of cyclic esters (lactones) is 1. The van der Waals surface area contributed by atoms with Crippen LogP contribution in [0.3, 0.4) is 0 Å². The molecule has 1 N–H and O–H groups in total. The molecule has 3 heteroatoms. The Morgan fingerprint density at radius 1 is 1.38 bits per heavy atom. The van der Waals surface area contributed by atoms with Crippen molar-refractivity contribution >= 4 is 5.97 Å². The molecule has 1 aromatic carbocycles. The van der Waals surface area contributed by atoms with E-state index in [0.29, 0.717) is 5.56 Å². The molecule has 3 nitrogen and oxygen atoms in total. The Hall–Kier alpha value is -1.51. The van der Waals surface area contributed by atoms with E-state index in [-0.39, 0.29) is 23.7 Å². The van der Waals surface area contributed by atoms with Crippen LogP contribution in [0.15, 0.2) is 12.1 Å². The summed E-state index contributed by atoms with van der Waals surface area (Å²) in [5.41, 5.74) is 2.42. The molecule has 0 saturated carbocycles. The number of carbonyl (C=O) groups is 1. The molecule has 0 spiro atoms. The van der Waals surface area contributed by atoms with E-state index in [2.05, 4.69) is 0 Å². The van der Waals surface area contributed by atoms with Gasteiger partial charge in [0, 0.05) is 5.92 Å². The quantitative estimate of drug-likeness (QED) is 0.740. The van der Waals surface area contributed by atoms with E-state index in [9.17, 15) is 9.90 Å². The molecule has 0 saturated heterocycles. The monoisotopic (exact) mass is 220 g/mol. The first-order chi connectivity index (χ1) is 7.56. The fourth-order valence-corrected chi connectivity index (χ4v) is 2.29. The van der Waals surface area contributed by atoms with Crippen LogP contribution in [0, 0.1) is 0 Å². The molecule has 1 aliphatic heterocycles. The number of esters is 1. The van der Waals surface area contributed by atoms with Crippen molar-refractivity contribution in [2.24, 2.45) is 0 Å². The predicted molar refractivity (Wildman–Crippen MR) is 60.8 cm³/mol. The molecule has 0 fully saturated rings. The highest BCUT2D eigenvalue weighted by Crippen LogP contribution is 2.37. The Morgan fingerprint density at radius 3 is 2.69 bits per heavy atom. The third-order valence-corrected chi connectivity index (χ3v) is 3.36. The molecule has 0 aliphatic carbocycles. The lowest BCUT2D eigenvalue weighted by molar-refractivity contribution is 0.0239. The molecule has 1 heterocycles. The summed E-state index contributed by atoms with van der Waals surface area (Å²) >= 11 is 0. The van der Waals surface area contributed by atoms with Crippen molar-refractivity contribution in [2.45, 2.75) is 39.2 Å². The normalized spacial score (nSPS) is 23.8. The summed E-state index contributed by atoms with van der Waals surface area (Å²) in [5, 5.41) is 9.80. The molecule has 0 bridgehead atoms. The van der Waals surface area contributed by atoms with Crippen LogP contribution in [0.4, 0.5) is 0 Å². The SMILES string of the molecule is CCc1c(O)ccc2c1[C@@H](C)[C@H](C)OC2=O. The molecule has 1 aromatic rings. The lowest BCUT2D eigenvalue weighted by atomic mass is 9.84. The van der Waals surface area contributed by atoms with Crippen molar-refractivity contribution in [3.63, 3.8) is 0 Å². The van der Waals surface area contributed by atoms with Crippen LogP contribution in [-0.2, 0) is 11.2 Å². The minimum Gasteiger partial charge on any atom is -0.508 e. The maximum Gasteiger partial charge on any atom is 0.338 e. The van der Waals surface area contributed by atoms with Crippen molar-refractivity contribution in [2.75, 3.05) is 0 Å². The van der Waals surface area contributed by atoms with E-state index >= 15 is 0 Å². The van der Waals surface area contributed by atoms with Gasteiger partial charge in [0.05, 0.1) is 5.56 Å². The van der Waals surface area contributed by atoms with Crippen LogP contribution >= 0.6 is 0 Å². The lowest BCUT2D eigenvalue weighted by Gasteiger charge is -2.30. The van der Waals surface area contributed by atoms with Gasteiger partial charge in [0.25, 0.3) is 0 Å². The first-order valence-corrected chi connectivity index (χ1v) is 5.62. The standard InChI is InChI=1S/C13H16O3/c1-4-9-11(14)6-5-10-12(9)7(2)8(3)16-13(10)15/h5-8,14H,4H2,1-3H3/t7-,8-/m0/s1. The van der Waals surface area contributed by atoms with Gasteiger partial charge in [0.2, 0.25) is 0 Å². The van der Waals surface area contributed by atoms with Crippen molar-refractivity contribution in [1.29, 1.82) is 0 Å². The molecule has 0 unspecified atom stereocenters. The van der Waals surface area contributed by atoms with Gasteiger partial charge in [0.15, 0.2) is 0 Å². The highest BCUT2D eigenvalue weighted by atomic mass is 16.5. The molecule has 2 rings (SSSR count). The number of fused-ring (bicyclic) bond motifs is 1.